The van der Waals surface area contributed by atoms with Crippen molar-refractivity contribution in [2.24, 2.45) is 11.7 Å². The topological polar surface area (TPSA) is 64.3 Å². The molecular formula is C13H26N2O2. The zero-order valence-electron chi connectivity index (χ0n) is 10.9. The third-order valence-electron chi connectivity index (χ3n) is 3.50. The van der Waals surface area contributed by atoms with Crippen LogP contribution in [0.1, 0.15) is 45.4 Å². The summed E-state index contributed by atoms with van der Waals surface area (Å²) in [5, 5.41) is 3.05. The van der Waals surface area contributed by atoms with Crippen LogP contribution >= 0.6 is 0 Å². The summed E-state index contributed by atoms with van der Waals surface area (Å²) in [7, 11) is 0. The van der Waals surface area contributed by atoms with Crippen LogP contribution < -0.4 is 11.1 Å². The summed E-state index contributed by atoms with van der Waals surface area (Å²) in [5.41, 5.74) is 5.76. The highest BCUT2D eigenvalue weighted by Gasteiger charge is 2.23. The Bertz CT molecular complexity index is 215. The smallest absolute Gasteiger partial charge is 0.222 e. The fraction of sp³-hybridized carbons (Fsp3) is 0.923. The number of amides is 1. The SMILES string of the molecule is CCOCCC(=O)NC(CN)C1CCCCC1. The van der Waals surface area contributed by atoms with Gasteiger partial charge >= 0.3 is 0 Å². The fourth-order valence-electron chi connectivity index (χ4n) is 2.49. The summed E-state index contributed by atoms with van der Waals surface area (Å²) < 4.78 is 5.17. The van der Waals surface area contributed by atoms with Gasteiger partial charge in [0.1, 0.15) is 0 Å². The van der Waals surface area contributed by atoms with E-state index in [1.165, 1.54) is 32.1 Å². The van der Waals surface area contributed by atoms with Gasteiger partial charge in [-0.25, -0.2) is 0 Å². The summed E-state index contributed by atoms with van der Waals surface area (Å²) in [6.45, 7) is 3.65. The van der Waals surface area contributed by atoms with Crippen LogP contribution in [0.25, 0.3) is 0 Å². The Hall–Kier alpha value is -0.610. The molecule has 0 aromatic heterocycles. The fourth-order valence-corrected chi connectivity index (χ4v) is 2.49. The van der Waals surface area contributed by atoms with Gasteiger partial charge in [0, 0.05) is 25.6 Å². The molecule has 0 aromatic rings. The number of ether oxygens (including phenoxy) is 1. The average molecular weight is 242 g/mol. The van der Waals surface area contributed by atoms with Crippen LogP contribution in [0.4, 0.5) is 0 Å². The van der Waals surface area contributed by atoms with E-state index < -0.39 is 0 Å². The number of nitrogens with one attached hydrogen (secondary N) is 1. The molecule has 17 heavy (non-hydrogen) atoms. The van der Waals surface area contributed by atoms with Crippen molar-refractivity contribution in [3.63, 3.8) is 0 Å². The lowest BCUT2D eigenvalue weighted by molar-refractivity contribution is -0.123. The second kappa shape index (κ2) is 8.48. The number of rotatable bonds is 7. The van der Waals surface area contributed by atoms with Crippen LogP contribution in [-0.4, -0.2) is 31.7 Å². The molecule has 1 fully saturated rings. The maximum atomic E-state index is 11.7. The molecule has 1 amide bonds. The monoisotopic (exact) mass is 242 g/mol. The molecule has 4 nitrogen and oxygen atoms in total. The molecule has 3 N–H and O–H groups in total. The predicted octanol–water partition coefficient (Wildman–Crippen LogP) is 1.44. The minimum atomic E-state index is 0.0690. The van der Waals surface area contributed by atoms with Gasteiger partial charge in [0.15, 0.2) is 0 Å². The van der Waals surface area contributed by atoms with Gasteiger partial charge in [0.05, 0.1) is 6.61 Å². The van der Waals surface area contributed by atoms with E-state index in [0.717, 1.165) is 0 Å². The number of hydrogen-bond acceptors (Lipinski definition) is 3. The lowest BCUT2D eigenvalue weighted by Gasteiger charge is -2.30. The van der Waals surface area contributed by atoms with Gasteiger partial charge in [-0.3, -0.25) is 4.79 Å². The number of nitrogens with two attached hydrogens (primary N) is 1. The number of hydrogen-bond donors (Lipinski definition) is 2. The van der Waals surface area contributed by atoms with Gasteiger partial charge in [-0.2, -0.15) is 0 Å². The molecule has 1 saturated carbocycles. The minimum Gasteiger partial charge on any atom is -0.381 e. The summed E-state index contributed by atoms with van der Waals surface area (Å²) in [4.78, 5) is 11.7. The largest absolute Gasteiger partial charge is 0.381 e. The van der Waals surface area contributed by atoms with Crippen molar-refractivity contribution in [1.82, 2.24) is 5.32 Å². The molecular weight excluding hydrogens is 216 g/mol. The first kappa shape index (κ1) is 14.5. The second-order valence-corrected chi connectivity index (χ2v) is 4.75. The first-order chi connectivity index (χ1) is 8.27. The van der Waals surface area contributed by atoms with Crippen LogP contribution in [0.3, 0.4) is 0 Å². The molecule has 0 spiro atoms. The summed E-state index contributed by atoms with van der Waals surface area (Å²) >= 11 is 0. The summed E-state index contributed by atoms with van der Waals surface area (Å²) in [6.07, 6.45) is 6.72. The number of carbonyl (C=O) groups excluding carboxylic acids is 1. The van der Waals surface area contributed by atoms with Crippen LogP contribution in [0.15, 0.2) is 0 Å². The summed E-state index contributed by atoms with van der Waals surface area (Å²) in [5.74, 6) is 0.643. The molecule has 1 aliphatic rings. The van der Waals surface area contributed by atoms with Crippen LogP contribution in [0, 0.1) is 5.92 Å². The van der Waals surface area contributed by atoms with Crippen molar-refractivity contribution in [2.75, 3.05) is 19.8 Å². The van der Waals surface area contributed by atoms with Crippen molar-refractivity contribution >= 4 is 5.91 Å². The van der Waals surface area contributed by atoms with Crippen molar-refractivity contribution in [3.05, 3.63) is 0 Å². The maximum Gasteiger partial charge on any atom is 0.222 e. The highest BCUT2D eigenvalue weighted by molar-refractivity contribution is 5.76. The molecule has 1 atom stereocenters. The van der Waals surface area contributed by atoms with E-state index in [2.05, 4.69) is 5.32 Å². The molecule has 1 unspecified atom stereocenters. The second-order valence-electron chi connectivity index (χ2n) is 4.75. The Balaban J connectivity index is 2.27. The Kier molecular flexibility index (Phi) is 7.21. The Morgan fingerprint density at radius 1 is 1.41 bits per heavy atom. The van der Waals surface area contributed by atoms with E-state index in [-0.39, 0.29) is 11.9 Å². The molecule has 0 heterocycles. The van der Waals surface area contributed by atoms with Crippen LogP contribution in [0.5, 0.6) is 0 Å². The quantitative estimate of drug-likeness (QED) is 0.664. The average Bonchev–Trinajstić information content (AvgIpc) is 2.37. The summed E-state index contributed by atoms with van der Waals surface area (Å²) in [6, 6.07) is 0.157. The van der Waals surface area contributed by atoms with E-state index in [1.54, 1.807) is 0 Å². The van der Waals surface area contributed by atoms with Gasteiger partial charge in [-0.15, -0.1) is 0 Å². The van der Waals surface area contributed by atoms with Crippen molar-refractivity contribution in [3.8, 4) is 0 Å². The maximum absolute atomic E-state index is 11.7. The van der Waals surface area contributed by atoms with Crippen LogP contribution in [0.2, 0.25) is 0 Å². The van der Waals surface area contributed by atoms with Crippen molar-refractivity contribution in [1.29, 1.82) is 0 Å². The molecule has 0 radical (unpaired) electrons. The van der Waals surface area contributed by atoms with Crippen LogP contribution in [-0.2, 0) is 9.53 Å². The zero-order chi connectivity index (χ0) is 12.5. The van der Waals surface area contributed by atoms with Gasteiger partial charge in [-0.05, 0) is 25.7 Å². The zero-order valence-corrected chi connectivity index (χ0v) is 10.9. The molecule has 0 bridgehead atoms. The van der Waals surface area contributed by atoms with Crippen molar-refractivity contribution in [2.45, 2.75) is 51.5 Å². The molecule has 100 valence electrons. The van der Waals surface area contributed by atoms with Gasteiger partial charge in [0.2, 0.25) is 5.91 Å². The van der Waals surface area contributed by atoms with Gasteiger partial charge < -0.3 is 15.8 Å². The van der Waals surface area contributed by atoms with E-state index in [1.807, 2.05) is 6.92 Å². The minimum absolute atomic E-state index is 0.0690. The highest BCUT2D eigenvalue weighted by Crippen LogP contribution is 2.26. The lowest BCUT2D eigenvalue weighted by atomic mass is 9.84. The van der Waals surface area contributed by atoms with E-state index in [9.17, 15) is 4.79 Å². The normalized spacial score (nSPS) is 18.9. The van der Waals surface area contributed by atoms with E-state index in [0.29, 0.717) is 32.1 Å². The highest BCUT2D eigenvalue weighted by atomic mass is 16.5. The molecule has 1 rings (SSSR count). The first-order valence-electron chi connectivity index (χ1n) is 6.85. The first-order valence-corrected chi connectivity index (χ1v) is 6.85. The molecule has 0 aromatic carbocycles. The molecule has 0 saturated heterocycles. The number of carbonyl (C=O) groups is 1. The Morgan fingerprint density at radius 2 is 2.12 bits per heavy atom. The van der Waals surface area contributed by atoms with E-state index in [4.69, 9.17) is 10.5 Å². The standard InChI is InChI=1S/C13H26N2O2/c1-2-17-9-8-13(16)15-12(10-14)11-6-4-3-5-7-11/h11-12H,2-10,14H2,1H3,(H,15,16). The third kappa shape index (κ3) is 5.50. The Labute approximate surface area is 104 Å². The lowest BCUT2D eigenvalue weighted by Crippen LogP contribution is -2.46. The third-order valence-corrected chi connectivity index (χ3v) is 3.50. The Morgan fingerprint density at radius 3 is 2.71 bits per heavy atom. The van der Waals surface area contributed by atoms with Gasteiger partial charge in [-0.1, -0.05) is 19.3 Å². The molecule has 1 aliphatic carbocycles. The molecule has 0 aliphatic heterocycles. The van der Waals surface area contributed by atoms with E-state index >= 15 is 0 Å². The van der Waals surface area contributed by atoms with Crippen molar-refractivity contribution < 1.29 is 9.53 Å². The van der Waals surface area contributed by atoms with Gasteiger partial charge in [0.25, 0.3) is 0 Å². The molecule has 4 heteroatoms. The predicted molar refractivity (Wildman–Crippen MR) is 68.7 cm³/mol.